The van der Waals surface area contributed by atoms with Gasteiger partial charge in [-0.2, -0.15) is 0 Å². The van der Waals surface area contributed by atoms with Crippen LogP contribution >= 0.6 is 11.3 Å². The summed E-state index contributed by atoms with van der Waals surface area (Å²) in [5, 5.41) is 8.57. The van der Waals surface area contributed by atoms with E-state index in [-0.39, 0.29) is 24.3 Å². The van der Waals surface area contributed by atoms with E-state index in [0.717, 1.165) is 15.8 Å². The highest BCUT2D eigenvalue weighted by atomic mass is 32.1. The zero-order chi connectivity index (χ0) is 16.9. The SMILES string of the molecule is CC(=O)N[C@@H](CC(=O)Nc1cnc2ccccc2c1)c1cccs1. The molecule has 24 heavy (non-hydrogen) atoms. The molecule has 3 rings (SSSR count). The van der Waals surface area contributed by atoms with Gasteiger partial charge in [0.15, 0.2) is 0 Å². The zero-order valence-electron chi connectivity index (χ0n) is 13.2. The number of para-hydroxylation sites is 1. The molecule has 2 N–H and O–H groups in total. The second kappa shape index (κ2) is 7.23. The molecule has 0 aliphatic rings. The van der Waals surface area contributed by atoms with Crippen molar-refractivity contribution in [2.24, 2.45) is 0 Å². The van der Waals surface area contributed by atoms with Crippen molar-refractivity contribution in [2.45, 2.75) is 19.4 Å². The van der Waals surface area contributed by atoms with Crippen LogP contribution in [-0.2, 0) is 9.59 Å². The van der Waals surface area contributed by atoms with Crippen molar-refractivity contribution < 1.29 is 9.59 Å². The number of fused-ring (bicyclic) bond motifs is 1. The molecule has 2 amide bonds. The molecule has 0 aliphatic heterocycles. The van der Waals surface area contributed by atoms with Crippen molar-refractivity contribution >= 4 is 39.7 Å². The molecule has 0 unspecified atom stereocenters. The van der Waals surface area contributed by atoms with Crippen LogP contribution in [0.15, 0.2) is 54.0 Å². The van der Waals surface area contributed by atoms with E-state index in [9.17, 15) is 9.59 Å². The van der Waals surface area contributed by atoms with Crippen molar-refractivity contribution in [3.05, 3.63) is 58.9 Å². The van der Waals surface area contributed by atoms with E-state index in [4.69, 9.17) is 0 Å². The Morgan fingerprint density at radius 1 is 1.21 bits per heavy atom. The molecule has 1 atom stereocenters. The van der Waals surface area contributed by atoms with Crippen LogP contribution in [0, 0.1) is 0 Å². The Kier molecular flexibility index (Phi) is 4.86. The number of rotatable bonds is 5. The first-order valence-electron chi connectivity index (χ1n) is 7.57. The summed E-state index contributed by atoms with van der Waals surface area (Å²) in [5.74, 6) is -0.326. The lowest BCUT2D eigenvalue weighted by Crippen LogP contribution is -2.29. The van der Waals surface area contributed by atoms with Crippen LogP contribution in [0.5, 0.6) is 0 Å². The summed E-state index contributed by atoms with van der Waals surface area (Å²) in [5.41, 5.74) is 1.52. The predicted molar refractivity (Wildman–Crippen MR) is 95.9 cm³/mol. The maximum absolute atomic E-state index is 12.4. The van der Waals surface area contributed by atoms with Gasteiger partial charge in [-0.25, -0.2) is 0 Å². The van der Waals surface area contributed by atoms with E-state index in [1.165, 1.54) is 18.3 Å². The average molecular weight is 339 g/mol. The molecule has 122 valence electrons. The number of carbonyl (C=O) groups excluding carboxylic acids is 2. The molecule has 0 spiro atoms. The van der Waals surface area contributed by atoms with Gasteiger partial charge in [0.05, 0.1) is 29.9 Å². The first-order valence-corrected chi connectivity index (χ1v) is 8.45. The maximum Gasteiger partial charge on any atom is 0.226 e. The second-order valence-electron chi connectivity index (χ2n) is 5.44. The van der Waals surface area contributed by atoms with Crippen LogP contribution in [-0.4, -0.2) is 16.8 Å². The van der Waals surface area contributed by atoms with Crippen molar-refractivity contribution in [1.82, 2.24) is 10.3 Å². The van der Waals surface area contributed by atoms with Crippen molar-refractivity contribution in [3.63, 3.8) is 0 Å². The number of anilines is 1. The third kappa shape index (κ3) is 3.97. The van der Waals surface area contributed by atoms with E-state index in [2.05, 4.69) is 15.6 Å². The van der Waals surface area contributed by atoms with Crippen LogP contribution in [0.4, 0.5) is 5.69 Å². The minimum atomic E-state index is -0.323. The normalized spacial score (nSPS) is 11.9. The highest BCUT2D eigenvalue weighted by Crippen LogP contribution is 2.23. The lowest BCUT2D eigenvalue weighted by Gasteiger charge is -2.16. The number of nitrogens with zero attached hydrogens (tertiary/aromatic N) is 1. The molecule has 6 heteroatoms. The second-order valence-corrected chi connectivity index (χ2v) is 6.42. The standard InChI is InChI=1S/C18H17N3O2S/c1-12(22)20-16(17-7-4-8-24-17)10-18(23)21-14-9-13-5-2-3-6-15(13)19-11-14/h2-9,11,16H,10H2,1H3,(H,20,22)(H,21,23)/t16-/m0/s1. The Hall–Kier alpha value is -2.73. The van der Waals surface area contributed by atoms with Gasteiger partial charge in [0.25, 0.3) is 0 Å². The molecule has 3 aromatic rings. The summed E-state index contributed by atoms with van der Waals surface area (Å²) in [6, 6.07) is 13.1. The Balaban J connectivity index is 1.71. The van der Waals surface area contributed by atoms with Gasteiger partial charge in [-0.15, -0.1) is 11.3 Å². The summed E-state index contributed by atoms with van der Waals surface area (Å²) in [6.07, 6.45) is 1.81. The van der Waals surface area contributed by atoms with E-state index in [1.807, 2.05) is 47.8 Å². The van der Waals surface area contributed by atoms with Crippen LogP contribution in [0.25, 0.3) is 10.9 Å². The van der Waals surface area contributed by atoms with Crippen LogP contribution in [0.3, 0.4) is 0 Å². The number of benzene rings is 1. The molecule has 0 fully saturated rings. The summed E-state index contributed by atoms with van der Waals surface area (Å²) in [6.45, 7) is 1.45. The molecule has 0 radical (unpaired) electrons. The monoisotopic (exact) mass is 339 g/mol. The smallest absolute Gasteiger partial charge is 0.226 e. The van der Waals surface area contributed by atoms with Gasteiger partial charge in [-0.05, 0) is 23.6 Å². The minimum absolute atomic E-state index is 0.159. The van der Waals surface area contributed by atoms with Crippen LogP contribution in [0.1, 0.15) is 24.3 Å². The zero-order valence-corrected chi connectivity index (χ0v) is 14.0. The number of amides is 2. The largest absolute Gasteiger partial charge is 0.348 e. The van der Waals surface area contributed by atoms with Crippen molar-refractivity contribution in [2.75, 3.05) is 5.32 Å². The fourth-order valence-electron chi connectivity index (χ4n) is 2.49. The molecular weight excluding hydrogens is 322 g/mol. The number of nitrogens with one attached hydrogen (secondary N) is 2. The molecular formula is C18H17N3O2S. The molecule has 0 saturated carbocycles. The molecule has 0 saturated heterocycles. The van der Waals surface area contributed by atoms with E-state index >= 15 is 0 Å². The highest BCUT2D eigenvalue weighted by molar-refractivity contribution is 7.10. The van der Waals surface area contributed by atoms with Crippen LogP contribution in [0.2, 0.25) is 0 Å². The lowest BCUT2D eigenvalue weighted by molar-refractivity contribution is -0.120. The maximum atomic E-state index is 12.4. The average Bonchev–Trinajstić information content (AvgIpc) is 3.08. The van der Waals surface area contributed by atoms with Crippen LogP contribution < -0.4 is 10.6 Å². The predicted octanol–water partition coefficient (Wildman–Crippen LogP) is 3.50. The topological polar surface area (TPSA) is 71.1 Å². The fourth-order valence-corrected chi connectivity index (χ4v) is 3.27. The number of hydrogen-bond acceptors (Lipinski definition) is 4. The molecule has 1 aromatic carbocycles. The lowest BCUT2D eigenvalue weighted by atomic mass is 10.1. The van der Waals surface area contributed by atoms with Crippen molar-refractivity contribution in [3.8, 4) is 0 Å². The minimum Gasteiger partial charge on any atom is -0.348 e. The van der Waals surface area contributed by atoms with Gasteiger partial charge >= 0.3 is 0 Å². The van der Waals surface area contributed by atoms with Crippen molar-refractivity contribution in [1.29, 1.82) is 0 Å². The third-order valence-corrected chi connectivity index (χ3v) is 4.51. The third-order valence-electron chi connectivity index (χ3n) is 3.53. The van der Waals surface area contributed by atoms with E-state index in [0.29, 0.717) is 5.69 Å². The quantitative estimate of drug-likeness (QED) is 0.747. The highest BCUT2D eigenvalue weighted by Gasteiger charge is 2.18. The van der Waals surface area contributed by atoms with Gasteiger partial charge in [0, 0.05) is 17.2 Å². The number of pyridine rings is 1. The summed E-state index contributed by atoms with van der Waals surface area (Å²) >= 11 is 1.52. The molecule has 2 aromatic heterocycles. The van der Waals surface area contributed by atoms with Gasteiger partial charge in [-0.3, -0.25) is 14.6 Å². The van der Waals surface area contributed by atoms with Gasteiger partial charge in [0.2, 0.25) is 11.8 Å². The van der Waals surface area contributed by atoms with E-state index in [1.54, 1.807) is 6.20 Å². The summed E-state index contributed by atoms with van der Waals surface area (Å²) in [4.78, 5) is 29.0. The Labute approximate surface area is 143 Å². The Bertz CT molecular complexity index is 862. The summed E-state index contributed by atoms with van der Waals surface area (Å²) < 4.78 is 0. The van der Waals surface area contributed by atoms with E-state index < -0.39 is 0 Å². The Morgan fingerprint density at radius 3 is 2.79 bits per heavy atom. The fraction of sp³-hybridized carbons (Fsp3) is 0.167. The molecule has 0 aliphatic carbocycles. The summed E-state index contributed by atoms with van der Waals surface area (Å²) in [7, 11) is 0. The van der Waals surface area contributed by atoms with Gasteiger partial charge in [0.1, 0.15) is 0 Å². The number of carbonyl (C=O) groups is 2. The van der Waals surface area contributed by atoms with Gasteiger partial charge < -0.3 is 10.6 Å². The first-order chi connectivity index (χ1) is 11.6. The molecule has 5 nitrogen and oxygen atoms in total. The van der Waals surface area contributed by atoms with Gasteiger partial charge in [-0.1, -0.05) is 24.3 Å². The molecule has 2 heterocycles. The first kappa shape index (κ1) is 16.1. The molecule has 0 bridgehead atoms. The number of hydrogen-bond donors (Lipinski definition) is 2. The number of aromatic nitrogens is 1. The Morgan fingerprint density at radius 2 is 2.04 bits per heavy atom. The number of thiophene rings is 1.